The number of nitrogens with one attached hydrogen (secondary N) is 1. The SMILES string of the molecule is COc1ccc(NC(C#N)(c2ccc(OC)cc2)C(F)F)cc1. The Hall–Kier alpha value is -2.81. The first-order valence-electron chi connectivity index (χ1n) is 6.82. The average molecular weight is 318 g/mol. The van der Waals surface area contributed by atoms with Gasteiger partial charge in [0.1, 0.15) is 17.6 Å². The Bertz CT molecular complexity index is 681. The van der Waals surface area contributed by atoms with Crippen LogP contribution < -0.4 is 14.8 Å². The second-order valence-corrected chi connectivity index (χ2v) is 4.80. The van der Waals surface area contributed by atoms with E-state index in [2.05, 4.69) is 5.32 Å². The molecule has 4 nitrogen and oxygen atoms in total. The molecular weight excluding hydrogens is 302 g/mol. The van der Waals surface area contributed by atoms with E-state index >= 15 is 0 Å². The van der Waals surface area contributed by atoms with Crippen LogP contribution in [-0.4, -0.2) is 20.6 Å². The molecule has 0 saturated heterocycles. The van der Waals surface area contributed by atoms with Crippen LogP contribution in [-0.2, 0) is 5.54 Å². The summed E-state index contributed by atoms with van der Waals surface area (Å²) in [6.07, 6.45) is -2.93. The minimum absolute atomic E-state index is 0.159. The highest BCUT2D eigenvalue weighted by Gasteiger charge is 2.42. The molecule has 23 heavy (non-hydrogen) atoms. The Morgan fingerprint density at radius 3 is 1.83 bits per heavy atom. The summed E-state index contributed by atoms with van der Waals surface area (Å²) in [6, 6.07) is 14.1. The fraction of sp³-hybridized carbons (Fsp3) is 0.235. The Morgan fingerprint density at radius 2 is 1.43 bits per heavy atom. The number of nitriles is 1. The molecule has 6 heteroatoms. The summed E-state index contributed by atoms with van der Waals surface area (Å²) in [5, 5.41) is 12.1. The summed E-state index contributed by atoms with van der Waals surface area (Å²) < 4.78 is 37.5. The molecule has 0 spiro atoms. The molecule has 0 aliphatic rings. The summed E-state index contributed by atoms with van der Waals surface area (Å²) in [7, 11) is 2.99. The lowest BCUT2D eigenvalue weighted by molar-refractivity contribution is 0.0928. The maximum Gasteiger partial charge on any atom is 0.278 e. The van der Waals surface area contributed by atoms with Gasteiger partial charge in [-0.3, -0.25) is 0 Å². The van der Waals surface area contributed by atoms with Crippen LogP contribution in [0.5, 0.6) is 11.5 Å². The van der Waals surface area contributed by atoms with Gasteiger partial charge in [0.25, 0.3) is 6.43 Å². The maximum absolute atomic E-state index is 13.7. The summed E-state index contributed by atoms with van der Waals surface area (Å²) in [6.45, 7) is 0. The van der Waals surface area contributed by atoms with E-state index in [0.717, 1.165) is 0 Å². The van der Waals surface area contributed by atoms with Crippen molar-refractivity contribution in [3.8, 4) is 17.6 Å². The van der Waals surface area contributed by atoms with Gasteiger partial charge in [0, 0.05) is 5.69 Å². The molecule has 1 unspecified atom stereocenters. The first kappa shape index (κ1) is 16.6. The highest BCUT2D eigenvalue weighted by Crippen LogP contribution is 2.33. The van der Waals surface area contributed by atoms with Crippen molar-refractivity contribution in [1.82, 2.24) is 0 Å². The van der Waals surface area contributed by atoms with E-state index in [1.807, 2.05) is 0 Å². The third kappa shape index (κ3) is 3.34. The molecule has 1 N–H and O–H groups in total. The van der Waals surface area contributed by atoms with E-state index in [-0.39, 0.29) is 5.56 Å². The number of methoxy groups -OCH3 is 2. The Balaban J connectivity index is 2.39. The highest BCUT2D eigenvalue weighted by atomic mass is 19.3. The number of alkyl halides is 2. The quantitative estimate of drug-likeness (QED) is 0.880. The molecule has 0 aliphatic heterocycles. The molecule has 2 rings (SSSR count). The minimum Gasteiger partial charge on any atom is -0.497 e. The van der Waals surface area contributed by atoms with Crippen LogP contribution in [0.1, 0.15) is 5.56 Å². The molecule has 2 aromatic rings. The average Bonchev–Trinajstić information content (AvgIpc) is 2.60. The Kier molecular flexibility index (Phi) is 5.02. The zero-order valence-electron chi connectivity index (χ0n) is 12.7. The van der Waals surface area contributed by atoms with E-state index in [4.69, 9.17) is 9.47 Å². The second kappa shape index (κ2) is 6.97. The third-order valence-corrected chi connectivity index (χ3v) is 3.48. The van der Waals surface area contributed by atoms with Crippen LogP contribution in [0, 0.1) is 11.3 Å². The van der Waals surface area contributed by atoms with E-state index in [1.165, 1.54) is 26.4 Å². The zero-order valence-corrected chi connectivity index (χ0v) is 12.7. The zero-order chi connectivity index (χ0) is 16.9. The monoisotopic (exact) mass is 318 g/mol. The van der Waals surface area contributed by atoms with E-state index in [1.54, 1.807) is 42.5 Å². The Morgan fingerprint density at radius 1 is 0.957 bits per heavy atom. The van der Waals surface area contributed by atoms with Crippen molar-refractivity contribution >= 4 is 5.69 Å². The van der Waals surface area contributed by atoms with Crippen LogP contribution in [0.25, 0.3) is 0 Å². The summed E-state index contributed by atoms with van der Waals surface area (Å²) >= 11 is 0. The normalized spacial score (nSPS) is 13.0. The van der Waals surface area contributed by atoms with Crippen LogP contribution in [0.3, 0.4) is 0 Å². The number of hydrogen-bond acceptors (Lipinski definition) is 4. The van der Waals surface area contributed by atoms with Gasteiger partial charge < -0.3 is 14.8 Å². The van der Waals surface area contributed by atoms with Crippen molar-refractivity contribution in [2.24, 2.45) is 0 Å². The van der Waals surface area contributed by atoms with Crippen LogP contribution in [0.15, 0.2) is 48.5 Å². The molecule has 0 aromatic heterocycles. The lowest BCUT2D eigenvalue weighted by atomic mass is 9.91. The number of ether oxygens (including phenoxy) is 2. The van der Waals surface area contributed by atoms with E-state index < -0.39 is 12.0 Å². The van der Waals surface area contributed by atoms with Gasteiger partial charge in [-0.25, -0.2) is 8.78 Å². The lowest BCUT2D eigenvalue weighted by Crippen LogP contribution is -2.41. The van der Waals surface area contributed by atoms with Gasteiger partial charge in [0.2, 0.25) is 5.54 Å². The largest absolute Gasteiger partial charge is 0.497 e. The molecule has 0 heterocycles. The fourth-order valence-corrected chi connectivity index (χ4v) is 2.15. The predicted octanol–water partition coefficient (Wildman–Crippen LogP) is 3.80. The summed E-state index contributed by atoms with van der Waals surface area (Å²) in [5.41, 5.74) is -1.60. The number of halogens is 2. The van der Waals surface area contributed by atoms with Gasteiger partial charge in [0.15, 0.2) is 0 Å². The number of hydrogen-bond donors (Lipinski definition) is 1. The van der Waals surface area contributed by atoms with Crippen molar-refractivity contribution in [3.63, 3.8) is 0 Å². The number of nitrogens with zero attached hydrogens (tertiary/aromatic N) is 1. The first-order valence-corrected chi connectivity index (χ1v) is 6.82. The minimum atomic E-state index is -2.93. The van der Waals surface area contributed by atoms with E-state index in [9.17, 15) is 14.0 Å². The van der Waals surface area contributed by atoms with Gasteiger partial charge in [-0.05, 0) is 42.0 Å². The molecule has 1 atom stereocenters. The summed E-state index contributed by atoms with van der Waals surface area (Å²) in [5.74, 6) is 1.12. The van der Waals surface area contributed by atoms with Crippen LogP contribution in [0.2, 0.25) is 0 Å². The lowest BCUT2D eigenvalue weighted by Gasteiger charge is -2.28. The highest BCUT2D eigenvalue weighted by molar-refractivity contribution is 5.53. The van der Waals surface area contributed by atoms with Gasteiger partial charge in [-0.1, -0.05) is 12.1 Å². The van der Waals surface area contributed by atoms with Crippen molar-refractivity contribution in [2.75, 3.05) is 19.5 Å². The predicted molar refractivity (Wildman–Crippen MR) is 82.9 cm³/mol. The molecular formula is C17H16F2N2O2. The van der Waals surface area contributed by atoms with Gasteiger partial charge >= 0.3 is 0 Å². The van der Waals surface area contributed by atoms with Crippen molar-refractivity contribution in [2.45, 2.75) is 12.0 Å². The smallest absolute Gasteiger partial charge is 0.278 e. The molecule has 0 saturated carbocycles. The topological polar surface area (TPSA) is 54.3 Å². The van der Waals surface area contributed by atoms with Crippen molar-refractivity contribution in [3.05, 3.63) is 54.1 Å². The molecule has 0 fully saturated rings. The molecule has 0 aliphatic carbocycles. The molecule has 2 aromatic carbocycles. The molecule has 0 amide bonds. The molecule has 0 bridgehead atoms. The molecule has 0 radical (unpaired) electrons. The van der Waals surface area contributed by atoms with Gasteiger partial charge in [-0.15, -0.1) is 0 Å². The summed E-state index contributed by atoms with van der Waals surface area (Å²) in [4.78, 5) is 0. The van der Waals surface area contributed by atoms with Crippen LogP contribution in [0.4, 0.5) is 14.5 Å². The van der Waals surface area contributed by atoms with Gasteiger partial charge in [0.05, 0.1) is 14.2 Å². The van der Waals surface area contributed by atoms with Crippen molar-refractivity contribution in [1.29, 1.82) is 5.26 Å². The molecule has 120 valence electrons. The first-order chi connectivity index (χ1) is 11.1. The third-order valence-electron chi connectivity index (χ3n) is 3.48. The number of anilines is 1. The fourth-order valence-electron chi connectivity index (χ4n) is 2.15. The maximum atomic E-state index is 13.7. The van der Waals surface area contributed by atoms with E-state index in [0.29, 0.717) is 17.2 Å². The van der Waals surface area contributed by atoms with Crippen LogP contribution >= 0.6 is 0 Å². The number of benzene rings is 2. The second-order valence-electron chi connectivity index (χ2n) is 4.80. The van der Waals surface area contributed by atoms with Gasteiger partial charge in [-0.2, -0.15) is 5.26 Å². The standard InChI is InChI=1S/C17H16F2N2O2/c1-22-14-7-3-12(4-8-14)17(11-20,16(18)19)21-13-5-9-15(23-2)10-6-13/h3-10,16,21H,1-2H3. The van der Waals surface area contributed by atoms with Crippen molar-refractivity contribution < 1.29 is 18.3 Å². The Labute approximate surface area is 133 Å². The number of rotatable bonds is 6.